The van der Waals surface area contributed by atoms with Gasteiger partial charge in [-0.25, -0.2) is 4.79 Å². The van der Waals surface area contributed by atoms with Crippen molar-refractivity contribution >= 4 is 11.9 Å². The predicted octanol–water partition coefficient (Wildman–Crippen LogP) is 3.25. The Hall–Kier alpha value is -1.32. The highest BCUT2D eigenvalue weighted by atomic mass is 16.6. The molecular formula is C15H26O4. The fourth-order valence-corrected chi connectivity index (χ4v) is 1.83. The second kappa shape index (κ2) is 6.22. The van der Waals surface area contributed by atoms with Crippen LogP contribution in [0.1, 0.15) is 54.9 Å². The molecule has 0 saturated carbocycles. The molecule has 4 nitrogen and oxygen atoms in total. The van der Waals surface area contributed by atoms with Gasteiger partial charge in [0.15, 0.2) is 0 Å². The molecule has 0 aromatic heterocycles. The topological polar surface area (TPSA) is 52.6 Å². The van der Waals surface area contributed by atoms with Crippen molar-refractivity contribution < 1.29 is 19.1 Å². The van der Waals surface area contributed by atoms with Crippen LogP contribution in [-0.4, -0.2) is 23.1 Å². The van der Waals surface area contributed by atoms with E-state index in [1.807, 2.05) is 13.8 Å². The van der Waals surface area contributed by atoms with Gasteiger partial charge in [0.2, 0.25) is 0 Å². The van der Waals surface area contributed by atoms with E-state index in [9.17, 15) is 9.59 Å². The molecule has 0 aliphatic carbocycles. The summed E-state index contributed by atoms with van der Waals surface area (Å²) in [4.78, 5) is 23.2. The molecule has 0 amide bonds. The molecule has 19 heavy (non-hydrogen) atoms. The Bertz CT molecular complexity index is 364. The summed E-state index contributed by atoms with van der Waals surface area (Å²) in [7, 11) is 0. The predicted molar refractivity (Wildman–Crippen MR) is 74.6 cm³/mol. The number of carbonyl (C=O) groups excluding carboxylic acids is 2. The molecule has 110 valence electrons. The van der Waals surface area contributed by atoms with Crippen molar-refractivity contribution in [3.05, 3.63) is 12.2 Å². The Kier molecular flexibility index (Phi) is 5.79. The Balaban J connectivity index is 4.66. The number of hydrogen-bond donors (Lipinski definition) is 0. The molecule has 0 spiro atoms. The lowest BCUT2D eigenvalue weighted by Crippen LogP contribution is -2.40. The molecule has 0 N–H and O–H groups in total. The van der Waals surface area contributed by atoms with E-state index >= 15 is 0 Å². The normalized spacial score (nSPS) is 12.2. The summed E-state index contributed by atoms with van der Waals surface area (Å²) in [5.41, 5.74) is -1.07. The quantitative estimate of drug-likeness (QED) is 0.549. The van der Waals surface area contributed by atoms with Crippen molar-refractivity contribution in [1.82, 2.24) is 0 Å². The first-order valence-corrected chi connectivity index (χ1v) is 6.48. The molecule has 0 atom stereocenters. The first-order valence-electron chi connectivity index (χ1n) is 6.48. The van der Waals surface area contributed by atoms with Crippen LogP contribution in [0.25, 0.3) is 0 Å². The van der Waals surface area contributed by atoms with Gasteiger partial charge in [-0.05, 0) is 34.6 Å². The van der Waals surface area contributed by atoms with E-state index in [-0.39, 0.29) is 11.9 Å². The number of carbonyl (C=O) groups is 2. The van der Waals surface area contributed by atoms with Crippen LogP contribution in [0, 0.1) is 5.92 Å². The number of hydrogen-bond acceptors (Lipinski definition) is 4. The molecule has 0 bridgehead atoms. The first kappa shape index (κ1) is 17.7. The molecule has 0 fully saturated rings. The molecule has 0 aromatic rings. The zero-order valence-corrected chi connectivity index (χ0v) is 13.1. The molecular weight excluding hydrogens is 244 g/mol. The van der Waals surface area contributed by atoms with E-state index in [2.05, 4.69) is 6.58 Å². The van der Waals surface area contributed by atoms with Crippen molar-refractivity contribution in [3.8, 4) is 0 Å². The first-order chi connectivity index (χ1) is 8.36. The van der Waals surface area contributed by atoms with Crippen LogP contribution in [0.3, 0.4) is 0 Å². The third kappa shape index (κ3) is 6.99. The fraction of sp³-hybridized carbons (Fsp3) is 0.733. The van der Waals surface area contributed by atoms with Crippen molar-refractivity contribution in [2.75, 3.05) is 0 Å². The number of rotatable bonds is 6. The van der Waals surface area contributed by atoms with Gasteiger partial charge in [-0.2, -0.15) is 0 Å². The summed E-state index contributed by atoms with van der Waals surface area (Å²) in [6, 6.07) is 0. The minimum Gasteiger partial charge on any atom is -0.459 e. The van der Waals surface area contributed by atoms with Crippen LogP contribution < -0.4 is 0 Å². The lowest BCUT2D eigenvalue weighted by atomic mass is 9.92. The van der Waals surface area contributed by atoms with Crippen LogP contribution in [0.5, 0.6) is 0 Å². The molecule has 0 heterocycles. The zero-order valence-electron chi connectivity index (χ0n) is 13.1. The number of esters is 2. The molecule has 0 aliphatic rings. The van der Waals surface area contributed by atoms with Gasteiger partial charge in [0.1, 0.15) is 11.2 Å². The monoisotopic (exact) mass is 270 g/mol. The van der Waals surface area contributed by atoms with Crippen LogP contribution in [0.15, 0.2) is 12.2 Å². The molecule has 0 saturated heterocycles. The number of ether oxygens (including phenoxy) is 2. The van der Waals surface area contributed by atoms with Crippen LogP contribution >= 0.6 is 0 Å². The highest BCUT2D eigenvalue weighted by molar-refractivity contribution is 5.87. The molecule has 0 rings (SSSR count). The van der Waals surface area contributed by atoms with E-state index in [0.29, 0.717) is 12.0 Å². The molecule has 0 radical (unpaired) electrons. The molecule has 0 unspecified atom stereocenters. The van der Waals surface area contributed by atoms with Gasteiger partial charge in [-0.15, -0.1) is 0 Å². The summed E-state index contributed by atoms with van der Waals surface area (Å²) in [5, 5.41) is 0. The van der Waals surface area contributed by atoms with E-state index < -0.39 is 17.2 Å². The van der Waals surface area contributed by atoms with Gasteiger partial charge in [0.25, 0.3) is 0 Å². The lowest BCUT2D eigenvalue weighted by Gasteiger charge is -2.34. The Morgan fingerprint density at radius 1 is 1.05 bits per heavy atom. The van der Waals surface area contributed by atoms with E-state index in [1.165, 1.54) is 0 Å². The fourth-order valence-electron chi connectivity index (χ4n) is 1.83. The maximum Gasteiger partial charge on any atom is 0.333 e. The zero-order chi connectivity index (χ0) is 15.4. The van der Waals surface area contributed by atoms with Gasteiger partial charge in [-0.3, -0.25) is 4.79 Å². The van der Waals surface area contributed by atoms with Crippen LogP contribution in [-0.2, 0) is 19.1 Å². The van der Waals surface area contributed by atoms with Crippen molar-refractivity contribution in [1.29, 1.82) is 0 Å². The largest absolute Gasteiger partial charge is 0.459 e. The van der Waals surface area contributed by atoms with Gasteiger partial charge >= 0.3 is 11.9 Å². The van der Waals surface area contributed by atoms with E-state index in [1.54, 1.807) is 34.6 Å². The molecule has 4 heteroatoms. The summed E-state index contributed by atoms with van der Waals surface area (Å²) >= 11 is 0. The average molecular weight is 270 g/mol. The summed E-state index contributed by atoms with van der Waals surface area (Å²) in [6.07, 6.45) is 0.414. The minimum atomic E-state index is -0.725. The Morgan fingerprint density at radius 3 is 1.84 bits per heavy atom. The smallest absolute Gasteiger partial charge is 0.333 e. The van der Waals surface area contributed by atoms with Crippen molar-refractivity contribution in [2.45, 2.75) is 66.1 Å². The third-order valence-electron chi connectivity index (χ3n) is 2.42. The van der Waals surface area contributed by atoms with Crippen LogP contribution in [0.4, 0.5) is 0 Å². The molecule has 0 aromatic carbocycles. The maximum atomic E-state index is 11.6. The highest BCUT2D eigenvalue weighted by Crippen LogP contribution is 2.27. The Labute approximate surface area is 116 Å². The van der Waals surface area contributed by atoms with Gasteiger partial charge in [0, 0.05) is 12.0 Å². The summed E-state index contributed by atoms with van der Waals surface area (Å²) < 4.78 is 10.8. The van der Waals surface area contributed by atoms with E-state index in [4.69, 9.17) is 9.47 Å². The molecule has 0 aliphatic heterocycles. The Morgan fingerprint density at radius 2 is 1.47 bits per heavy atom. The summed E-state index contributed by atoms with van der Waals surface area (Å²) in [5.74, 6) is -0.872. The second-order valence-electron chi connectivity index (χ2n) is 6.44. The minimum absolute atomic E-state index is 0.180. The van der Waals surface area contributed by atoms with Crippen LogP contribution in [0.2, 0.25) is 0 Å². The lowest BCUT2D eigenvalue weighted by molar-refractivity contribution is -0.170. The second-order valence-corrected chi connectivity index (χ2v) is 6.44. The maximum absolute atomic E-state index is 11.6. The van der Waals surface area contributed by atoms with Gasteiger partial charge in [-0.1, -0.05) is 20.4 Å². The van der Waals surface area contributed by atoms with Crippen molar-refractivity contribution in [3.63, 3.8) is 0 Å². The average Bonchev–Trinajstić information content (AvgIpc) is 2.13. The van der Waals surface area contributed by atoms with E-state index in [0.717, 1.165) is 0 Å². The van der Waals surface area contributed by atoms with Gasteiger partial charge in [0.05, 0.1) is 5.92 Å². The standard InChI is InChI=1S/C15H26O4/c1-10(2)12(16)18-14(5,6)9-15(7,8)19-13(17)11(3)4/h11H,1,9H2,2-8H3. The summed E-state index contributed by atoms with van der Waals surface area (Å²) in [6.45, 7) is 15.9. The highest BCUT2D eigenvalue weighted by Gasteiger charge is 2.35. The van der Waals surface area contributed by atoms with Crippen molar-refractivity contribution in [2.24, 2.45) is 5.92 Å². The SMILES string of the molecule is C=C(C)C(=O)OC(C)(C)CC(C)(C)OC(=O)C(C)C. The third-order valence-corrected chi connectivity index (χ3v) is 2.42. The van der Waals surface area contributed by atoms with Gasteiger partial charge < -0.3 is 9.47 Å².